The second kappa shape index (κ2) is 8.76. The van der Waals surface area contributed by atoms with E-state index in [-0.39, 0.29) is 25.0 Å². The molecule has 1 aliphatic carbocycles. The van der Waals surface area contributed by atoms with Crippen molar-refractivity contribution in [2.45, 2.75) is 38.4 Å². The number of carbonyl (C=O) groups is 1. The number of aliphatic hydroxyl groups is 1. The molecule has 2 rings (SSSR count). The lowest BCUT2D eigenvalue weighted by atomic mass is 10.1. The monoisotopic (exact) mass is 307 g/mol. The average Bonchev–Trinajstić information content (AvgIpc) is 3.08. The first kappa shape index (κ1) is 16.8. The van der Waals surface area contributed by atoms with Crippen LogP contribution in [0.5, 0.6) is 5.75 Å². The number of ether oxygens (including phenoxy) is 2. The first-order chi connectivity index (χ1) is 10.7. The standard InChI is InChI=1S/C17H25NO4/c1-21-16-8-6-13(7-9-16)11-22-12-15(19)10-18-17(20)14-4-2-3-5-14/h6-9,14-15,19H,2-5,10-12H2,1H3,(H,18,20)/t15-/m1/s1. The van der Waals surface area contributed by atoms with Crippen molar-refractivity contribution in [3.05, 3.63) is 29.8 Å². The highest BCUT2D eigenvalue weighted by Gasteiger charge is 2.22. The maximum atomic E-state index is 11.8. The lowest BCUT2D eigenvalue weighted by Crippen LogP contribution is -2.37. The van der Waals surface area contributed by atoms with Gasteiger partial charge in [-0.15, -0.1) is 0 Å². The van der Waals surface area contributed by atoms with Crippen LogP contribution in [0.1, 0.15) is 31.2 Å². The third-order valence-electron chi connectivity index (χ3n) is 3.98. The summed E-state index contributed by atoms with van der Waals surface area (Å²) in [6, 6.07) is 7.59. The van der Waals surface area contributed by atoms with Crippen LogP contribution in [0.3, 0.4) is 0 Å². The van der Waals surface area contributed by atoms with E-state index in [0.29, 0.717) is 6.61 Å². The van der Waals surface area contributed by atoms with Crippen LogP contribution in [-0.4, -0.2) is 37.4 Å². The third-order valence-corrected chi connectivity index (χ3v) is 3.98. The van der Waals surface area contributed by atoms with Crippen LogP contribution in [-0.2, 0) is 16.1 Å². The number of aliphatic hydroxyl groups excluding tert-OH is 1. The number of amides is 1. The van der Waals surface area contributed by atoms with E-state index in [1.165, 1.54) is 0 Å². The summed E-state index contributed by atoms with van der Waals surface area (Å²) in [5.41, 5.74) is 1.02. The summed E-state index contributed by atoms with van der Waals surface area (Å²) in [5.74, 6) is 0.998. The largest absolute Gasteiger partial charge is 0.497 e. The Morgan fingerprint density at radius 3 is 2.64 bits per heavy atom. The van der Waals surface area contributed by atoms with Crippen LogP contribution in [0.25, 0.3) is 0 Å². The van der Waals surface area contributed by atoms with E-state index in [1.54, 1.807) is 7.11 Å². The van der Waals surface area contributed by atoms with Gasteiger partial charge in [-0.05, 0) is 30.5 Å². The average molecular weight is 307 g/mol. The van der Waals surface area contributed by atoms with Gasteiger partial charge >= 0.3 is 0 Å². The summed E-state index contributed by atoms with van der Waals surface area (Å²) in [7, 11) is 1.63. The lowest BCUT2D eigenvalue weighted by Gasteiger charge is -2.15. The molecular weight excluding hydrogens is 282 g/mol. The summed E-state index contributed by atoms with van der Waals surface area (Å²) < 4.78 is 10.6. The summed E-state index contributed by atoms with van der Waals surface area (Å²) in [6.45, 7) is 0.881. The van der Waals surface area contributed by atoms with Gasteiger partial charge in [0, 0.05) is 12.5 Å². The minimum Gasteiger partial charge on any atom is -0.497 e. The molecule has 2 N–H and O–H groups in total. The normalized spacial score (nSPS) is 16.5. The van der Waals surface area contributed by atoms with Crippen LogP contribution in [0.4, 0.5) is 0 Å². The zero-order valence-electron chi connectivity index (χ0n) is 13.1. The third kappa shape index (κ3) is 5.31. The van der Waals surface area contributed by atoms with Gasteiger partial charge in [-0.2, -0.15) is 0 Å². The fraction of sp³-hybridized carbons (Fsp3) is 0.588. The Bertz CT molecular complexity index is 454. The first-order valence-corrected chi connectivity index (χ1v) is 7.85. The van der Waals surface area contributed by atoms with Gasteiger partial charge in [-0.3, -0.25) is 4.79 Å². The van der Waals surface area contributed by atoms with Crippen molar-refractivity contribution in [3.8, 4) is 5.75 Å². The predicted octanol–water partition coefficient (Wildman–Crippen LogP) is 1.88. The number of carbonyl (C=O) groups excluding carboxylic acids is 1. The Balaban J connectivity index is 1.60. The highest BCUT2D eigenvalue weighted by molar-refractivity contribution is 5.78. The minimum absolute atomic E-state index is 0.0618. The van der Waals surface area contributed by atoms with Gasteiger partial charge in [-0.25, -0.2) is 0 Å². The van der Waals surface area contributed by atoms with Crippen molar-refractivity contribution in [2.75, 3.05) is 20.3 Å². The number of hydrogen-bond donors (Lipinski definition) is 2. The van der Waals surface area contributed by atoms with Gasteiger partial charge in [0.05, 0.1) is 26.4 Å². The Hall–Kier alpha value is -1.59. The second-order valence-electron chi connectivity index (χ2n) is 5.74. The van der Waals surface area contributed by atoms with E-state index < -0.39 is 6.10 Å². The van der Waals surface area contributed by atoms with Crippen LogP contribution in [0.15, 0.2) is 24.3 Å². The van der Waals surface area contributed by atoms with Gasteiger partial charge in [-0.1, -0.05) is 25.0 Å². The molecule has 22 heavy (non-hydrogen) atoms. The molecule has 1 aromatic carbocycles. The molecular formula is C17H25NO4. The van der Waals surface area contributed by atoms with Crippen LogP contribution in [0, 0.1) is 5.92 Å². The fourth-order valence-electron chi connectivity index (χ4n) is 2.64. The molecule has 0 heterocycles. The molecule has 0 aliphatic heterocycles. The molecule has 1 amide bonds. The molecule has 0 spiro atoms. The molecule has 1 atom stereocenters. The van der Waals surface area contributed by atoms with Crippen molar-refractivity contribution in [1.29, 1.82) is 0 Å². The summed E-state index contributed by atoms with van der Waals surface area (Å²) >= 11 is 0. The SMILES string of the molecule is COc1ccc(COC[C@H](O)CNC(=O)C2CCCC2)cc1. The second-order valence-corrected chi connectivity index (χ2v) is 5.74. The van der Waals surface area contributed by atoms with Crippen molar-refractivity contribution in [3.63, 3.8) is 0 Å². The molecule has 1 fully saturated rings. The highest BCUT2D eigenvalue weighted by atomic mass is 16.5. The number of methoxy groups -OCH3 is 1. The summed E-state index contributed by atoms with van der Waals surface area (Å²) in [4.78, 5) is 11.8. The van der Waals surface area contributed by atoms with Gasteiger partial charge in [0.15, 0.2) is 0 Å². The van der Waals surface area contributed by atoms with E-state index >= 15 is 0 Å². The van der Waals surface area contributed by atoms with Crippen molar-refractivity contribution in [1.82, 2.24) is 5.32 Å². The molecule has 0 aromatic heterocycles. The highest BCUT2D eigenvalue weighted by Crippen LogP contribution is 2.24. The van der Waals surface area contributed by atoms with E-state index in [4.69, 9.17) is 9.47 Å². The molecule has 122 valence electrons. The van der Waals surface area contributed by atoms with Gasteiger partial charge in [0.1, 0.15) is 5.75 Å². The zero-order chi connectivity index (χ0) is 15.8. The molecule has 0 unspecified atom stereocenters. The van der Waals surface area contributed by atoms with E-state index in [9.17, 15) is 9.90 Å². The van der Waals surface area contributed by atoms with Crippen LogP contribution >= 0.6 is 0 Å². The van der Waals surface area contributed by atoms with Gasteiger partial charge in [0.25, 0.3) is 0 Å². The zero-order valence-corrected chi connectivity index (χ0v) is 13.1. The van der Waals surface area contributed by atoms with Crippen molar-refractivity contribution >= 4 is 5.91 Å². The Morgan fingerprint density at radius 2 is 2.00 bits per heavy atom. The Kier molecular flexibility index (Phi) is 6.68. The number of hydrogen-bond acceptors (Lipinski definition) is 4. The number of rotatable bonds is 8. The lowest BCUT2D eigenvalue weighted by molar-refractivity contribution is -0.125. The fourth-order valence-corrected chi connectivity index (χ4v) is 2.64. The summed E-state index contributed by atoms with van der Waals surface area (Å²) in [6.07, 6.45) is 3.52. The first-order valence-electron chi connectivity index (χ1n) is 7.85. The van der Waals surface area contributed by atoms with E-state index in [0.717, 1.165) is 37.0 Å². The Labute approximate surface area is 131 Å². The van der Waals surface area contributed by atoms with Gasteiger partial charge in [0.2, 0.25) is 5.91 Å². The maximum Gasteiger partial charge on any atom is 0.223 e. The van der Waals surface area contributed by atoms with Crippen molar-refractivity contribution < 1.29 is 19.4 Å². The molecule has 1 aliphatic rings. The van der Waals surface area contributed by atoms with Crippen molar-refractivity contribution in [2.24, 2.45) is 5.92 Å². The molecule has 0 saturated heterocycles. The molecule has 1 saturated carbocycles. The van der Waals surface area contributed by atoms with Gasteiger partial charge < -0.3 is 19.9 Å². The van der Waals surface area contributed by atoms with Crippen LogP contribution < -0.4 is 10.1 Å². The predicted molar refractivity (Wildman–Crippen MR) is 83.6 cm³/mol. The van der Waals surface area contributed by atoms with Crippen LogP contribution in [0.2, 0.25) is 0 Å². The summed E-state index contributed by atoms with van der Waals surface area (Å²) in [5, 5.41) is 12.6. The molecule has 1 aromatic rings. The number of benzene rings is 1. The number of nitrogens with one attached hydrogen (secondary N) is 1. The van der Waals surface area contributed by atoms with E-state index in [2.05, 4.69) is 5.32 Å². The maximum absolute atomic E-state index is 11.8. The Morgan fingerprint density at radius 1 is 1.32 bits per heavy atom. The molecule has 5 nitrogen and oxygen atoms in total. The quantitative estimate of drug-likeness (QED) is 0.769. The smallest absolute Gasteiger partial charge is 0.223 e. The molecule has 5 heteroatoms. The van der Waals surface area contributed by atoms with E-state index in [1.807, 2.05) is 24.3 Å². The topological polar surface area (TPSA) is 67.8 Å². The molecule has 0 radical (unpaired) electrons. The minimum atomic E-state index is -0.677. The molecule has 0 bridgehead atoms.